The monoisotopic (exact) mass is 298 g/mol. The molecule has 1 aromatic carbocycles. The minimum Gasteiger partial charge on any atom is -0.506 e. The summed E-state index contributed by atoms with van der Waals surface area (Å²) >= 11 is 12.1. The Morgan fingerprint density at radius 2 is 1.89 bits per heavy atom. The van der Waals surface area contributed by atoms with Crippen LogP contribution in [0.2, 0.25) is 10.0 Å². The summed E-state index contributed by atoms with van der Waals surface area (Å²) in [5.41, 5.74) is 0.990. The van der Waals surface area contributed by atoms with Crippen molar-refractivity contribution in [3.8, 4) is 5.75 Å². The lowest BCUT2D eigenvalue weighted by molar-refractivity contribution is 0.0744. The second-order valence-corrected chi connectivity index (χ2v) is 6.72. The fourth-order valence-corrected chi connectivity index (χ4v) is 4.16. The molecule has 1 saturated carbocycles. The molecule has 2 aliphatic rings. The fraction of sp³-hybridized carbons (Fsp3) is 0.533. The highest BCUT2D eigenvalue weighted by molar-refractivity contribution is 6.45. The predicted molar refractivity (Wildman–Crippen MR) is 76.2 cm³/mol. The van der Waals surface area contributed by atoms with Crippen LogP contribution in [0.5, 0.6) is 5.75 Å². The van der Waals surface area contributed by atoms with E-state index in [1.807, 2.05) is 6.92 Å². The third-order valence-corrected chi connectivity index (χ3v) is 5.69. The normalized spacial score (nSPS) is 27.0. The van der Waals surface area contributed by atoms with Crippen molar-refractivity contribution in [2.24, 2.45) is 11.3 Å². The van der Waals surface area contributed by atoms with Gasteiger partial charge >= 0.3 is 0 Å². The molecule has 4 heteroatoms. The standard InChI is InChI=1S/C15H16Cl2O2/c1-15(9-4-2-3-5-9)7-8-6-10(18)12(16)13(17)11(8)14(15)19/h6,9,18H,2-5,7H2,1H3/t15-/m1/s1. The summed E-state index contributed by atoms with van der Waals surface area (Å²) in [5.74, 6) is 0.486. The first-order valence-electron chi connectivity index (χ1n) is 6.70. The largest absolute Gasteiger partial charge is 0.506 e. The number of carbonyl (C=O) groups excluding carboxylic acids is 1. The molecule has 0 spiro atoms. The van der Waals surface area contributed by atoms with E-state index >= 15 is 0 Å². The molecular weight excluding hydrogens is 283 g/mol. The molecule has 0 amide bonds. The molecule has 102 valence electrons. The molecule has 0 aliphatic heterocycles. The van der Waals surface area contributed by atoms with E-state index in [1.165, 1.54) is 12.8 Å². The first-order valence-corrected chi connectivity index (χ1v) is 7.45. The molecule has 1 atom stereocenters. The van der Waals surface area contributed by atoms with Crippen LogP contribution < -0.4 is 0 Å². The van der Waals surface area contributed by atoms with E-state index < -0.39 is 0 Å². The van der Waals surface area contributed by atoms with Gasteiger partial charge in [-0.1, -0.05) is 43.0 Å². The number of rotatable bonds is 1. The summed E-state index contributed by atoms with van der Waals surface area (Å²) in [5, 5.41) is 10.1. The highest BCUT2D eigenvalue weighted by Crippen LogP contribution is 2.52. The average molecular weight is 299 g/mol. The highest BCUT2D eigenvalue weighted by atomic mass is 35.5. The van der Waals surface area contributed by atoms with Gasteiger partial charge in [0.05, 0.1) is 5.02 Å². The lowest BCUT2D eigenvalue weighted by Crippen LogP contribution is -2.32. The Labute approximate surface area is 122 Å². The van der Waals surface area contributed by atoms with Crippen molar-refractivity contribution in [1.29, 1.82) is 0 Å². The predicted octanol–water partition coefficient (Wildman–Crippen LogP) is 4.63. The average Bonchev–Trinajstić information content (AvgIpc) is 2.96. The number of fused-ring (bicyclic) bond motifs is 1. The van der Waals surface area contributed by atoms with Crippen molar-refractivity contribution < 1.29 is 9.90 Å². The number of hydrogen-bond donors (Lipinski definition) is 1. The topological polar surface area (TPSA) is 37.3 Å². The summed E-state index contributed by atoms with van der Waals surface area (Å²) in [4.78, 5) is 12.8. The van der Waals surface area contributed by atoms with E-state index in [-0.39, 0.29) is 27.0 Å². The van der Waals surface area contributed by atoms with E-state index in [0.717, 1.165) is 18.4 Å². The molecule has 19 heavy (non-hydrogen) atoms. The second kappa shape index (κ2) is 4.39. The van der Waals surface area contributed by atoms with Gasteiger partial charge < -0.3 is 5.11 Å². The lowest BCUT2D eigenvalue weighted by Gasteiger charge is -2.29. The van der Waals surface area contributed by atoms with Gasteiger partial charge in [-0.15, -0.1) is 0 Å². The van der Waals surface area contributed by atoms with E-state index in [2.05, 4.69) is 0 Å². The maximum absolute atomic E-state index is 12.8. The van der Waals surface area contributed by atoms with Crippen LogP contribution in [0.3, 0.4) is 0 Å². The number of phenolic OH excluding ortho intramolecular Hbond substituents is 1. The van der Waals surface area contributed by atoms with Crippen molar-refractivity contribution in [2.45, 2.75) is 39.0 Å². The molecule has 0 aromatic heterocycles. The molecule has 0 saturated heterocycles. The minimum atomic E-state index is -0.375. The zero-order chi connectivity index (χ0) is 13.8. The first-order chi connectivity index (χ1) is 8.95. The Morgan fingerprint density at radius 3 is 2.53 bits per heavy atom. The fourth-order valence-electron chi connectivity index (χ4n) is 3.70. The van der Waals surface area contributed by atoms with Crippen LogP contribution in [0.25, 0.3) is 0 Å². The summed E-state index contributed by atoms with van der Waals surface area (Å²) in [7, 11) is 0. The Hall–Kier alpha value is -0.730. The quantitative estimate of drug-likeness (QED) is 0.820. The van der Waals surface area contributed by atoms with Gasteiger partial charge in [-0.05, 0) is 36.8 Å². The maximum atomic E-state index is 12.8. The third kappa shape index (κ3) is 1.80. The Morgan fingerprint density at radius 1 is 1.26 bits per heavy atom. The molecule has 3 rings (SSSR count). The third-order valence-electron chi connectivity index (χ3n) is 4.83. The van der Waals surface area contributed by atoms with Crippen LogP contribution >= 0.6 is 23.2 Å². The van der Waals surface area contributed by atoms with E-state index in [9.17, 15) is 9.90 Å². The lowest BCUT2D eigenvalue weighted by atomic mass is 9.73. The summed E-state index contributed by atoms with van der Waals surface area (Å²) in [6, 6.07) is 1.60. The van der Waals surface area contributed by atoms with Crippen molar-refractivity contribution in [1.82, 2.24) is 0 Å². The van der Waals surface area contributed by atoms with Crippen LogP contribution in [-0.2, 0) is 6.42 Å². The summed E-state index contributed by atoms with van der Waals surface area (Å²) in [6.45, 7) is 2.03. The number of halogens is 2. The molecule has 1 aromatic rings. The number of phenols is 1. The van der Waals surface area contributed by atoms with Crippen molar-refractivity contribution in [2.75, 3.05) is 0 Å². The number of aromatic hydroxyl groups is 1. The van der Waals surface area contributed by atoms with Gasteiger partial charge in [0, 0.05) is 11.0 Å². The van der Waals surface area contributed by atoms with E-state index in [1.54, 1.807) is 6.07 Å². The zero-order valence-electron chi connectivity index (χ0n) is 10.8. The molecular formula is C15H16Cl2O2. The Balaban J connectivity index is 2.09. The van der Waals surface area contributed by atoms with E-state index in [4.69, 9.17) is 23.2 Å². The second-order valence-electron chi connectivity index (χ2n) is 5.96. The van der Waals surface area contributed by atoms with Crippen LogP contribution in [0.4, 0.5) is 0 Å². The molecule has 0 unspecified atom stereocenters. The van der Waals surface area contributed by atoms with Gasteiger partial charge in [-0.2, -0.15) is 0 Å². The highest BCUT2D eigenvalue weighted by Gasteiger charge is 2.49. The van der Waals surface area contributed by atoms with Gasteiger partial charge in [0.1, 0.15) is 10.8 Å². The zero-order valence-corrected chi connectivity index (χ0v) is 12.3. The molecule has 0 heterocycles. The first kappa shape index (κ1) is 13.3. The van der Waals surface area contributed by atoms with Crippen molar-refractivity contribution in [3.05, 3.63) is 27.2 Å². The smallest absolute Gasteiger partial charge is 0.171 e. The Kier molecular flexibility index (Phi) is 3.06. The van der Waals surface area contributed by atoms with Gasteiger partial charge in [-0.25, -0.2) is 0 Å². The van der Waals surface area contributed by atoms with Gasteiger partial charge in [0.2, 0.25) is 0 Å². The molecule has 2 aliphatic carbocycles. The number of hydrogen-bond acceptors (Lipinski definition) is 2. The molecule has 2 nitrogen and oxygen atoms in total. The molecule has 1 N–H and O–H groups in total. The maximum Gasteiger partial charge on any atom is 0.171 e. The molecule has 1 fully saturated rings. The van der Waals surface area contributed by atoms with Crippen molar-refractivity contribution in [3.63, 3.8) is 0 Å². The Bertz CT molecular complexity index is 562. The van der Waals surface area contributed by atoms with Crippen LogP contribution in [-0.4, -0.2) is 10.9 Å². The van der Waals surface area contributed by atoms with Crippen molar-refractivity contribution >= 4 is 29.0 Å². The molecule has 0 bridgehead atoms. The van der Waals surface area contributed by atoms with Gasteiger partial charge in [0.15, 0.2) is 5.78 Å². The number of ketones is 1. The van der Waals surface area contributed by atoms with Crippen LogP contribution in [0, 0.1) is 11.3 Å². The van der Waals surface area contributed by atoms with Gasteiger partial charge in [0.25, 0.3) is 0 Å². The number of Topliss-reactive ketones (excluding diaryl/α,β-unsaturated/α-hetero) is 1. The SMILES string of the molecule is C[C@]1(C2CCCC2)Cc2cc(O)c(Cl)c(Cl)c2C1=O. The summed E-state index contributed by atoms with van der Waals surface area (Å²) in [6.07, 6.45) is 5.27. The van der Waals surface area contributed by atoms with Crippen LogP contribution in [0.1, 0.15) is 48.5 Å². The van der Waals surface area contributed by atoms with Crippen LogP contribution in [0.15, 0.2) is 6.07 Å². The number of benzene rings is 1. The van der Waals surface area contributed by atoms with E-state index in [0.29, 0.717) is 17.9 Å². The van der Waals surface area contributed by atoms with Gasteiger partial charge in [-0.3, -0.25) is 4.79 Å². The minimum absolute atomic E-state index is 0.0334. The summed E-state index contributed by atoms with van der Waals surface area (Å²) < 4.78 is 0. The molecule has 0 radical (unpaired) electrons. The number of carbonyl (C=O) groups is 1.